The van der Waals surface area contributed by atoms with E-state index in [2.05, 4.69) is 15.3 Å². The Morgan fingerprint density at radius 3 is 2.52 bits per heavy atom. The van der Waals surface area contributed by atoms with Gasteiger partial charge in [-0.15, -0.1) is 0 Å². The van der Waals surface area contributed by atoms with Crippen LogP contribution in [0.5, 0.6) is 11.5 Å². The third-order valence-electron chi connectivity index (χ3n) is 3.19. The minimum Gasteiger partial charge on any atom is -0.457 e. The van der Waals surface area contributed by atoms with E-state index in [4.69, 9.17) is 10.00 Å². The average Bonchev–Trinajstić information content (AvgIpc) is 2.62. The largest absolute Gasteiger partial charge is 0.457 e. The Bertz CT molecular complexity index is 828. The maximum Gasteiger partial charge on any atom is 0.182 e. The Morgan fingerprint density at radius 1 is 0.957 bits per heavy atom. The molecule has 0 aliphatic carbocycles. The Hall–Kier alpha value is -3.39. The van der Waals surface area contributed by atoms with Gasteiger partial charge in [0, 0.05) is 24.5 Å². The van der Waals surface area contributed by atoms with Gasteiger partial charge in [-0.3, -0.25) is 0 Å². The monoisotopic (exact) mass is 302 g/mol. The van der Waals surface area contributed by atoms with Crippen molar-refractivity contribution in [2.45, 2.75) is 6.54 Å². The second kappa shape index (κ2) is 7.05. The number of rotatable bonds is 5. The number of nitrogens with one attached hydrogen (secondary N) is 1. The maximum absolute atomic E-state index is 9.05. The summed E-state index contributed by atoms with van der Waals surface area (Å²) in [7, 11) is 0. The van der Waals surface area contributed by atoms with E-state index in [9.17, 15) is 0 Å². The van der Waals surface area contributed by atoms with Crippen molar-refractivity contribution in [3.05, 3.63) is 78.2 Å². The maximum atomic E-state index is 9.05. The molecule has 0 fully saturated rings. The molecule has 3 aromatic rings. The van der Waals surface area contributed by atoms with Crippen LogP contribution in [-0.2, 0) is 6.54 Å². The van der Waals surface area contributed by atoms with Crippen LogP contribution in [0.15, 0.2) is 67.0 Å². The molecule has 0 unspecified atom stereocenters. The lowest BCUT2D eigenvalue weighted by Crippen LogP contribution is -2.05. The van der Waals surface area contributed by atoms with Crippen LogP contribution in [0.4, 0.5) is 5.82 Å². The standard InChI is InChI=1S/C18H14N4O/c19-12-16-18(21-11-10-20-16)22-13-14-6-4-5-9-17(14)23-15-7-2-1-3-8-15/h1-11H,13H2,(H,21,22). The number of hydrogen-bond donors (Lipinski definition) is 1. The summed E-state index contributed by atoms with van der Waals surface area (Å²) in [6.07, 6.45) is 3.05. The zero-order valence-corrected chi connectivity index (χ0v) is 12.3. The van der Waals surface area contributed by atoms with Crippen LogP contribution in [0, 0.1) is 11.3 Å². The van der Waals surface area contributed by atoms with Crippen molar-refractivity contribution in [1.29, 1.82) is 5.26 Å². The molecule has 0 saturated heterocycles. The molecule has 5 nitrogen and oxygen atoms in total. The predicted molar refractivity (Wildman–Crippen MR) is 87.0 cm³/mol. The minimum absolute atomic E-state index is 0.272. The summed E-state index contributed by atoms with van der Waals surface area (Å²) in [5, 5.41) is 12.2. The third-order valence-corrected chi connectivity index (χ3v) is 3.19. The summed E-state index contributed by atoms with van der Waals surface area (Å²) in [6, 6.07) is 19.4. The highest BCUT2D eigenvalue weighted by Crippen LogP contribution is 2.25. The molecule has 1 N–H and O–H groups in total. The first-order valence-electron chi connectivity index (χ1n) is 7.12. The van der Waals surface area contributed by atoms with Crippen molar-refractivity contribution < 1.29 is 4.74 Å². The Labute approximate surface area is 134 Å². The predicted octanol–water partition coefficient (Wildman–Crippen LogP) is 3.75. The third kappa shape index (κ3) is 3.63. The van der Waals surface area contributed by atoms with Gasteiger partial charge < -0.3 is 10.1 Å². The van der Waals surface area contributed by atoms with Crippen molar-refractivity contribution in [2.75, 3.05) is 5.32 Å². The zero-order chi connectivity index (χ0) is 15.9. The van der Waals surface area contributed by atoms with E-state index >= 15 is 0 Å². The molecule has 0 amide bonds. The molecular weight excluding hydrogens is 288 g/mol. The van der Waals surface area contributed by atoms with E-state index in [1.54, 1.807) is 6.20 Å². The van der Waals surface area contributed by atoms with E-state index in [-0.39, 0.29) is 5.69 Å². The highest BCUT2D eigenvalue weighted by molar-refractivity contribution is 5.48. The van der Waals surface area contributed by atoms with E-state index < -0.39 is 0 Å². The first-order chi connectivity index (χ1) is 11.4. The van der Waals surface area contributed by atoms with Crippen molar-refractivity contribution in [1.82, 2.24) is 9.97 Å². The number of hydrogen-bond acceptors (Lipinski definition) is 5. The van der Waals surface area contributed by atoms with Crippen molar-refractivity contribution in [2.24, 2.45) is 0 Å². The van der Waals surface area contributed by atoms with Gasteiger partial charge >= 0.3 is 0 Å². The molecule has 0 radical (unpaired) electrons. The molecule has 0 aliphatic rings. The van der Waals surface area contributed by atoms with Crippen LogP contribution in [-0.4, -0.2) is 9.97 Å². The van der Waals surface area contributed by atoms with Crippen LogP contribution in [0.3, 0.4) is 0 Å². The molecule has 0 spiro atoms. The molecule has 0 bridgehead atoms. The molecule has 0 atom stereocenters. The second-order valence-corrected chi connectivity index (χ2v) is 4.74. The topological polar surface area (TPSA) is 70.8 Å². The average molecular weight is 302 g/mol. The minimum atomic E-state index is 0.272. The lowest BCUT2D eigenvalue weighted by molar-refractivity contribution is 0.477. The molecular formula is C18H14N4O. The van der Waals surface area contributed by atoms with E-state index in [1.165, 1.54) is 6.20 Å². The number of para-hydroxylation sites is 2. The summed E-state index contributed by atoms with van der Waals surface area (Å²) in [5.74, 6) is 2.00. The molecule has 23 heavy (non-hydrogen) atoms. The highest BCUT2D eigenvalue weighted by Gasteiger charge is 2.07. The second-order valence-electron chi connectivity index (χ2n) is 4.74. The number of benzene rings is 2. The normalized spacial score (nSPS) is 9.87. The van der Waals surface area contributed by atoms with E-state index in [0.29, 0.717) is 12.4 Å². The van der Waals surface area contributed by atoms with Crippen LogP contribution >= 0.6 is 0 Å². The Kier molecular flexibility index (Phi) is 4.46. The van der Waals surface area contributed by atoms with Gasteiger partial charge in [0.05, 0.1) is 0 Å². The highest BCUT2D eigenvalue weighted by atomic mass is 16.5. The van der Waals surface area contributed by atoms with Gasteiger partial charge in [0.25, 0.3) is 0 Å². The number of anilines is 1. The fourth-order valence-corrected chi connectivity index (χ4v) is 2.09. The van der Waals surface area contributed by atoms with Gasteiger partial charge in [-0.25, -0.2) is 9.97 Å². The summed E-state index contributed by atoms with van der Waals surface area (Å²) in [6.45, 7) is 0.483. The molecule has 3 rings (SSSR count). The van der Waals surface area contributed by atoms with Gasteiger partial charge in [-0.1, -0.05) is 36.4 Å². The molecule has 5 heteroatoms. The first-order valence-corrected chi connectivity index (χ1v) is 7.12. The van der Waals surface area contributed by atoms with E-state index in [1.807, 2.05) is 60.7 Å². The number of nitriles is 1. The molecule has 2 aromatic carbocycles. The van der Waals surface area contributed by atoms with Gasteiger partial charge in [-0.05, 0) is 18.2 Å². The number of aromatic nitrogens is 2. The lowest BCUT2D eigenvalue weighted by Gasteiger charge is -2.12. The summed E-state index contributed by atoms with van der Waals surface area (Å²) in [4.78, 5) is 8.12. The van der Waals surface area contributed by atoms with Gasteiger partial charge in [-0.2, -0.15) is 5.26 Å². The summed E-state index contributed by atoms with van der Waals surface area (Å²) in [5.41, 5.74) is 1.24. The van der Waals surface area contributed by atoms with Crippen LogP contribution in [0.2, 0.25) is 0 Å². The van der Waals surface area contributed by atoms with Crippen molar-refractivity contribution in [3.63, 3.8) is 0 Å². The Morgan fingerprint density at radius 2 is 1.70 bits per heavy atom. The van der Waals surface area contributed by atoms with E-state index in [0.717, 1.165) is 17.1 Å². The van der Waals surface area contributed by atoms with Crippen molar-refractivity contribution in [3.8, 4) is 17.6 Å². The molecule has 1 aromatic heterocycles. The molecule has 1 heterocycles. The fraction of sp³-hybridized carbons (Fsp3) is 0.0556. The molecule has 0 saturated carbocycles. The SMILES string of the molecule is N#Cc1nccnc1NCc1ccccc1Oc1ccccc1. The summed E-state index contributed by atoms with van der Waals surface area (Å²) >= 11 is 0. The zero-order valence-electron chi connectivity index (χ0n) is 12.3. The van der Waals surface area contributed by atoms with Crippen molar-refractivity contribution >= 4 is 5.82 Å². The Balaban J connectivity index is 1.77. The van der Waals surface area contributed by atoms with Crippen LogP contribution in [0.25, 0.3) is 0 Å². The quantitative estimate of drug-likeness (QED) is 0.777. The number of nitrogens with zero attached hydrogens (tertiary/aromatic N) is 3. The fourth-order valence-electron chi connectivity index (χ4n) is 2.09. The van der Waals surface area contributed by atoms with Gasteiger partial charge in [0.15, 0.2) is 11.5 Å². The van der Waals surface area contributed by atoms with Crippen LogP contribution < -0.4 is 10.1 Å². The lowest BCUT2D eigenvalue weighted by atomic mass is 10.2. The first kappa shape index (κ1) is 14.5. The van der Waals surface area contributed by atoms with Crippen LogP contribution in [0.1, 0.15) is 11.3 Å². The van der Waals surface area contributed by atoms with Gasteiger partial charge in [0.1, 0.15) is 17.6 Å². The molecule has 0 aliphatic heterocycles. The molecule has 112 valence electrons. The smallest absolute Gasteiger partial charge is 0.182 e. The number of ether oxygens (including phenoxy) is 1. The van der Waals surface area contributed by atoms with Gasteiger partial charge in [0.2, 0.25) is 0 Å². The summed E-state index contributed by atoms with van der Waals surface area (Å²) < 4.78 is 5.91.